The number of aromatic nitrogens is 1. The SMILES string of the molecule is CC1(C)CC(=O)C=C(N)C1.CCOC(=O)CC(=O)CCc1ccc(F)cc1.CCOC(=O)c1c(CCc2ccc(F)cc2)nc2c(c1-c1ccc(C(=O)NCc3ccco3)cc1)C(=O)CC(C)(C)C2.O=Cc1ccc(C(=O)NCc2ccco2)cc1. The van der Waals surface area contributed by atoms with E-state index in [0.717, 1.165) is 29.5 Å². The number of aryl methyl sites for hydroxylation is 3. The molecule has 0 radical (unpaired) electrons. The Balaban J connectivity index is 0.000000219. The number of carbonyl (C=O) groups excluding carboxylic acids is 8. The first-order valence-electron chi connectivity index (χ1n) is 28.2. The Kier molecular flexibility index (Phi) is 24.0. The van der Waals surface area contributed by atoms with Crippen molar-refractivity contribution in [1.29, 1.82) is 0 Å². The molecule has 3 heterocycles. The molecule has 450 valence electrons. The fourth-order valence-corrected chi connectivity index (χ4v) is 9.62. The van der Waals surface area contributed by atoms with Gasteiger partial charge < -0.3 is 34.7 Å². The molecule has 2 aliphatic rings. The van der Waals surface area contributed by atoms with E-state index in [4.69, 9.17) is 24.3 Å². The van der Waals surface area contributed by atoms with Crippen LogP contribution in [0.15, 0.2) is 154 Å². The molecule has 0 fully saturated rings. The smallest absolute Gasteiger partial charge is 0.340 e. The number of hydrogen-bond donors (Lipinski definition) is 3. The first kappa shape index (κ1) is 65.7. The molecular weight excluding hydrogens is 1100 g/mol. The van der Waals surface area contributed by atoms with Gasteiger partial charge in [0.05, 0.1) is 55.8 Å². The number of esters is 2. The van der Waals surface area contributed by atoms with Crippen LogP contribution in [0, 0.1) is 22.5 Å². The zero-order valence-corrected chi connectivity index (χ0v) is 49.2. The number of benzene rings is 4. The highest BCUT2D eigenvalue weighted by atomic mass is 19.1. The average molecular weight is 1180 g/mol. The van der Waals surface area contributed by atoms with E-state index >= 15 is 0 Å². The molecule has 4 N–H and O–H groups in total. The van der Waals surface area contributed by atoms with Crippen molar-refractivity contribution in [3.63, 3.8) is 0 Å². The summed E-state index contributed by atoms with van der Waals surface area (Å²) in [6, 6.07) is 32.5. The third kappa shape index (κ3) is 20.4. The molecule has 3 aromatic heterocycles. The van der Waals surface area contributed by atoms with Crippen LogP contribution in [0.1, 0.15) is 159 Å². The lowest BCUT2D eigenvalue weighted by molar-refractivity contribution is -0.145. The number of halogens is 2. The van der Waals surface area contributed by atoms with Crippen molar-refractivity contribution in [2.75, 3.05) is 13.2 Å². The summed E-state index contributed by atoms with van der Waals surface area (Å²) in [5.74, 6) is -0.893. The molecule has 0 bridgehead atoms. The summed E-state index contributed by atoms with van der Waals surface area (Å²) in [4.78, 5) is 100. The molecule has 0 atom stereocenters. The van der Waals surface area contributed by atoms with E-state index in [1.807, 2.05) is 13.8 Å². The molecule has 4 aromatic carbocycles. The van der Waals surface area contributed by atoms with E-state index in [-0.39, 0.29) is 89.8 Å². The van der Waals surface area contributed by atoms with Crippen LogP contribution >= 0.6 is 0 Å². The minimum Gasteiger partial charge on any atom is -0.467 e. The van der Waals surface area contributed by atoms with E-state index in [9.17, 15) is 47.1 Å². The van der Waals surface area contributed by atoms with Gasteiger partial charge in [-0.15, -0.1) is 0 Å². The number of fused-ring (bicyclic) bond motifs is 1. The number of nitrogens with zero attached hydrogens (tertiary/aromatic N) is 1. The predicted octanol–water partition coefficient (Wildman–Crippen LogP) is 12.0. The molecular formula is C68H72F2N4O12. The monoisotopic (exact) mass is 1170 g/mol. The topological polar surface area (TPSA) is 244 Å². The number of carbonyl (C=O) groups is 8. The lowest BCUT2D eigenvalue weighted by Gasteiger charge is -2.32. The molecule has 86 heavy (non-hydrogen) atoms. The highest BCUT2D eigenvalue weighted by molar-refractivity contribution is 6.10. The average Bonchev–Trinajstić information content (AvgIpc) is 0.983. The minimum absolute atomic E-state index is 0.0793. The van der Waals surface area contributed by atoms with Crippen molar-refractivity contribution in [2.45, 2.75) is 112 Å². The molecule has 0 saturated carbocycles. The maximum atomic E-state index is 13.6. The number of nitrogens with one attached hydrogen (secondary N) is 2. The zero-order chi connectivity index (χ0) is 62.4. The Bertz CT molecular complexity index is 3480. The van der Waals surface area contributed by atoms with Crippen molar-refractivity contribution in [3.8, 4) is 11.1 Å². The van der Waals surface area contributed by atoms with Gasteiger partial charge in [0.25, 0.3) is 11.8 Å². The summed E-state index contributed by atoms with van der Waals surface area (Å²) in [6.07, 6.45) is 9.26. The van der Waals surface area contributed by atoms with Gasteiger partial charge >= 0.3 is 11.9 Å². The van der Waals surface area contributed by atoms with Gasteiger partial charge in [-0.3, -0.25) is 38.5 Å². The van der Waals surface area contributed by atoms with Crippen molar-refractivity contribution in [2.24, 2.45) is 16.6 Å². The van der Waals surface area contributed by atoms with Crippen LogP contribution < -0.4 is 16.4 Å². The fraction of sp³-hybridized carbons (Fsp3) is 0.309. The van der Waals surface area contributed by atoms with Crippen LogP contribution in [0.3, 0.4) is 0 Å². The number of nitrogens with two attached hydrogens (primary N) is 1. The Morgan fingerprint density at radius 3 is 1.65 bits per heavy atom. The Morgan fingerprint density at radius 2 is 1.16 bits per heavy atom. The molecule has 0 saturated heterocycles. The Hall–Kier alpha value is -9.45. The van der Waals surface area contributed by atoms with Crippen LogP contribution in [0.5, 0.6) is 0 Å². The number of amides is 2. The Labute approximate surface area is 499 Å². The minimum atomic E-state index is -0.560. The normalized spacial score (nSPS) is 13.5. The van der Waals surface area contributed by atoms with Gasteiger partial charge in [0.15, 0.2) is 11.6 Å². The highest BCUT2D eigenvalue weighted by Crippen LogP contribution is 2.41. The summed E-state index contributed by atoms with van der Waals surface area (Å²) in [5, 5.41) is 5.54. The Morgan fingerprint density at radius 1 is 0.640 bits per heavy atom. The molecule has 18 heteroatoms. The first-order chi connectivity index (χ1) is 41.0. The van der Waals surface area contributed by atoms with Gasteiger partial charge in [0.2, 0.25) is 0 Å². The maximum Gasteiger partial charge on any atom is 0.340 e. The molecule has 0 aliphatic heterocycles. The molecule has 0 spiro atoms. The van der Waals surface area contributed by atoms with Crippen LogP contribution in [0.25, 0.3) is 11.1 Å². The zero-order valence-electron chi connectivity index (χ0n) is 49.2. The van der Waals surface area contributed by atoms with E-state index in [1.54, 1.807) is 130 Å². The van der Waals surface area contributed by atoms with Gasteiger partial charge in [-0.25, -0.2) is 13.6 Å². The third-order valence-electron chi connectivity index (χ3n) is 13.6. The number of furan rings is 2. The summed E-state index contributed by atoms with van der Waals surface area (Å²) in [5.41, 5.74) is 12.3. The molecule has 9 rings (SSSR count). The molecule has 0 unspecified atom stereocenters. The summed E-state index contributed by atoms with van der Waals surface area (Å²) < 4.78 is 46.6. The standard InChI is InChI=1S/C34H33FN2O5.C13H15FO3.C13H11NO3.C8H13NO/c1-4-41-33(40)31-26(16-9-21-7-14-24(35)15-8-21)37-27-18-34(2,3)19-28(38)30(27)29(31)22-10-12-23(13-11-22)32(39)36-20-25-6-5-17-42-25;1-2-17-13(16)9-12(15)8-5-10-3-6-11(14)7-4-10;15-9-10-3-5-11(6-4-10)13(16)14-8-12-2-1-7-17-12;1-8(2)4-6(9)3-7(10)5-8/h5-8,10-15,17H,4,9,16,18-20H2,1-3H3,(H,36,39);3-4,6-7H,2,5,8-9H2,1H3;1-7,9H,8H2,(H,14,16);3H,4-5,9H2,1-2H3. The number of aldehydes is 1. The van der Waals surface area contributed by atoms with E-state index in [0.29, 0.717) is 101 Å². The van der Waals surface area contributed by atoms with Crippen molar-refractivity contribution >= 4 is 47.4 Å². The van der Waals surface area contributed by atoms with Crippen molar-refractivity contribution in [1.82, 2.24) is 15.6 Å². The lowest BCUT2D eigenvalue weighted by Crippen LogP contribution is -2.30. The van der Waals surface area contributed by atoms with Gasteiger partial charge in [-0.2, -0.15) is 0 Å². The molecule has 2 aliphatic carbocycles. The van der Waals surface area contributed by atoms with Gasteiger partial charge in [-0.05, 0) is 152 Å². The lowest BCUT2D eigenvalue weighted by atomic mass is 9.73. The second kappa shape index (κ2) is 31.4. The number of ketones is 3. The number of Topliss-reactive ketones (excluding diaryl/α,β-unsaturated/α-hetero) is 2. The van der Waals surface area contributed by atoms with Crippen LogP contribution in [-0.2, 0) is 62.6 Å². The quantitative estimate of drug-likeness (QED) is 0.0387. The number of hydrogen-bond acceptors (Lipinski definition) is 14. The fourth-order valence-electron chi connectivity index (χ4n) is 9.62. The van der Waals surface area contributed by atoms with Gasteiger partial charge in [0.1, 0.15) is 41.6 Å². The summed E-state index contributed by atoms with van der Waals surface area (Å²) in [7, 11) is 0. The number of rotatable bonds is 19. The largest absolute Gasteiger partial charge is 0.467 e. The van der Waals surface area contributed by atoms with Crippen molar-refractivity contribution in [3.05, 3.63) is 219 Å². The van der Waals surface area contributed by atoms with E-state index in [2.05, 4.69) is 29.2 Å². The highest BCUT2D eigenvalue weighted by Gasteiger charge is 2.37. The van der Waals surface area contributed by atoms with Crippen LogP contribution in [-0.4, -0.2) is 65.6 Å². The summed E-state index contributed by atoms with van der Waals surface area (Å²) >= 11 is 0. The number of allylic oxidation sites excluding steroid dienone is 2. The van der Waals surface area contributed by atoms with Gasteiger partial charge in [-0.1, -0.05) is 76.2 Å². The predicted molar refractivity (Wildman–Crippen MR) is 319 cm³/mol. The summed E-state index contributed by atoms with van der Waals surface area (Å²) in [6.45, 7) is 12.6. The third-order valence-corrected chi connectivity index (χ3v) is 13.6. The van der Waals surface area contributed by atoms with Crippen LogP contribution in [0.2, 0.25) is 0 Å². The van der Waals surface area contributed by atoms with Crippen molar-refractivity contribution < 1.29 is 65.4 Å². The second-order valence-corrected chi connectivity index (χ2v) is 22.1. The molecule has 7 aromatic rings. The van der Waals surface area contributed by atoms with E-state index < -0.39 is 11.9 Å². The molecule has 16 nitrogen and oxygen atoms in total. The maximum absolute atomic E-state index is 13.6. The second-order valence-electron chi connectivity index (χ2n) is 22.1. The van der Waals surface area contributed by atoms with Gasteiger partial charge in [0, 0.05) is 52.8 Å². The van der Waals surface area contributed by atoms with E-state index in [1.165, 1.54) is 24.3 Å². The number of pyridine rings is 1. The molecule has 2 amide bonds. The number of ether oxygens (including phenoxy) is 2. The first-order valence-corrected chi connectivity index (χ1v) is 28.2. The van der Waals surface area contributed by atoms with Crippen LogP contribution in [0.4, 0.5) is 8.78 Å².